The molecule has 156 valence electrons. The van der Waals surface area contributed by atoms with Crippen LogP contribution in [-0.4, -0.2) is 22.2 Å². The van der Waals surface area contributed by atoms with Crippen molar-refractivity contribution in [1.29, 1.82) is 0 Å². The fraction of sp³-hybridized carbons (Fsp3) is 0.909. The van der Waals surface area contributed by atoms with E-state index in [-0.39, 0.29) is 37.4 Å². The molecule has 1 atom stereocenters. The molecule has 0 saturated heterocycles. The summed E-state index contributed by atoms with van der Waals surface area (Å²) in [5.41, 5.74) is 0. The van der Waals surface area contributed by atoms with Crippen molar-refractivity contribution in [2.24, 2.45) is 5.92 Å². The molecule has 0 aliphatic rings. The predicted octanol–water partition coefficient (Wildman–Crippen LogP) is 3.93. The molecule has 0 heterocycles. The summed E-state index contributed by atoms with van der Waals surface area (Å²) >= 11 is 0. The zero-order chi connectivity index (χ0) is 19.5. The summed E-state index contributed by atoms with van der Waals surface area (Å²) in [5.74, 6) is -2.72. The van der Waals surface area contributed by atoms with Crippen LogP contribution >= 0.6 is 0 Å². The molecule has 0 aromatic rings. The molecule has 1 unspecified atom stereocenters. The van der Waals surface area contributed by atoms with E-state index in [0.29, 0.717) is 6.42 Å². The van der Waals surface area contributed by atoms with E-state index in [9.17, 15) is 9.59 Å². The number of aliphatic carboxylic acids is 2. The van der Waals surface area contributed by atoms with Gasteiger partial charge in [0.15, 0.2) is 0 Å². The molecule has 0 saturated carbocycles. The van der Waals surface area contributed by atoms with Crippen molar-refractivity contribution < 1.29 is 50.8 Å². The Morgan fingerprint density at radius 1 is 0.667 bits per heavy atom. The Morgan fingerprint density at radius 2 is 1.00 bits per heavy atom. The van der Waals surface area contributed by atoms with Crippen molar-refractivity contribution in [3.8, 4) is 0 Å². The second-order valence-electron chi connectivity index (χ2n) is 7.72. The fourth-order valence-electron chi connectivity index (χ4n) is 3.46. The van der Waals surface area contributed by atoms with Gasteiger partial charge >= 0.3 is 41.5 Å². The largest absolute Gasteiger partial charge is 1.00 e. The van der Waals surface area contributed by atoms with E-state index < -0.39 is 17.9 Å². The fourth-order valence-corrected chi connectivity index (χ4v) is 3.46. The van der Waals surface area contributed by atoms with Crippen LogP contribution in [0.15, 0.2) is 0 Å². The van der Waals surface area contributed by atoms with E-state index in [1.165, 1.54) is 83.5 Å². The zero-order valence-corrected chi connectivity index (χ0v) is 20.0. The molecule has 0 spiro atoms. The molecule has 0 radical (unpaired) electrons. The molecule has 0 amide bonds. The van der Waals surface area contributed by atoms with Gasteiger partial charge in [0.25, 0.3) is 0 Å². The monoisotopic (exact) mass is 394 g/mol. The Morgan fingerprint density at radius 3 is 1.30 bits per heavy atom. The first-order valence-corrected chi connectivity index (χ1v) is 11.0. The van der Waals surface area contributed by atoms with E-state index in [1.807, 2.05) is 0 Å². The summed E-state index contributed by atoms with van der Waals surface area (Å²) < 4.78 is 0. The molecule has 27 heavy (non-hydrogen) atoms. The molecular formula is C22H43NaO4. The Labute approximate surface area is 190 Å². The maximum absolute atomic E-state index is 11.0. The number of carboxylic acids is 2. The number of hydrogen-bond donors (Lipinski definition) is 2. The van der Waals surface area contributed by atoms with Crippen LogP contribution in [0.4, 0.5) is 0 Å². The molecule has 2 N–H and O–H groups in total. The number of hydrogen-bond acceptors (Lipinski definition) is 2. The molecule has 0 fully saturated rings. The SMILES string of the molecule is CCCCCCCCCCCCCCCCCCC(CC(=O)O)C(=O)O.[H-].[Na+]. The van der Waals surface area contributed by atoms with Crippen LogP contribution < -0.4 is 29.6 Å². The first-order valence-electron chi connectivity index (χ1n) is 11.0. The predicted molar refractivity (Wildman–Crippen MR) is 109 cm³/mol. The van der Waals surface area contributed by atoms with E-state index in [1.54, 1.807) is 0 Å². The molecule has 4 nitrogen and oxygen atoms in total. The quantitative estimate of drug-likeness (QED) is 0.242. The van der Waals surface area contributed by atoms with Gasteiger partial charge in [0, 0.05) is 0 Å². The topological polar surface area (TPSA) is 74.6 Å². The summed E-state index contributed by atoms with van der Waals surface area (Å²) in [5, 5.41) is 17.7. The summed E-state index contributed by atoms with van der Waals surface area (Å²) in [7, 11) is 0. The molecule has 0 rings (SSSR count). The van der Waals surface area contributed by atoms with Crippen LogP contribution in [0.25, 0.3) is 0 Å². The summed E-state index contributed by atoms with van der Waals surface area (Å²) in [6.45, 7) is 2.26. The Kier molecular flexibility index (Phi) is 24.0. The van der Waals surface area contributed by atoms with Crippen LogP contribution in [0, 0.1) is 5.92 Å². The molecule has 0 aromatic carbocycles. The van der Waals surface area contributed by atoms with E-state index in [2.05, 4.69) is 6.92 Å². The minimum Gasteiger partial charge on any atom is -1.00 e. The van der Waals surface area contributed by atoms with Gasteiger partial charge in [0.1, 0.15) is 0 Å². The average molecular weight is 395 g/mol. The minimum absolute atomic E-state index is 0. The van der Waals surface area contributed by atoms with Gasteiger partial charge in [0.2, 0.25) is 0 Å². The van der Waals surface area contributed by atoms with Crippen molar-refractivity contribution in [2.75, 3.05) is 0 Å². The Balaban J connectivity index is -0.00000312. The molecule has 5 heteroatoms. The smallest absolute Gasteiger partial charge is 1.00 e. The second kappa shape index (κ2) is 22.2. The summed E-state index contributed by atoms with van der Waals surface area (Å²) in [6.07, 6.45) is 20.9. The average Bonchev–Trinajstić information content (AvgIpc) is 2.59. The number of unbranched alkanes of at least 4 members (excludes halogenated alkanes) is 15. The minimum atomic E-state index is -1.02. The number of carbonyl (C=O) groups is 2. The van der Waals surface area contributed by atoms with Gasteiger partial charge in [-0.1, -0.05) is 110 Å². The van der Waals surface area contributed by atoms with Crippen LogP contribution in [0.2, 0.25) is 0 Å². The van der Waals surface area contributed by atoms with Gasteiger partial charge in [0.05, 0.1) is 12.3 Å². The third-order valence-corrected chi connectivity index (χ3v) is 5.18. The van der Waals surface area contributed by atoms with Crippen molar-refractivity contribution in [3.05, 3.63) is 0 Å². The first-order chi connectivity index (χ1) is 12.6. The third kappa shape index (κ3) is 22.1. The third-order valence-electron chi connectivity index (χ3n) is 5.18. The Hall–Kier alpha value is -0.0600. The molecule has 0 aliphatic carbocycles. The van der Waals surface area contributed by atoms with Gasteiger partial charge in [-0.3, -0.25) is 9.59 Å². The van der Waals surface area contributed by atoms with E-state index >= 15 is 0 Å². The van der Waals surface area contributed by atoms with Crippen LogP contribution in [0.5, 0.6) is 0 Å². The maximum atomic E-state index is 11.0. The van der Waals surface area contributed by atoms with Gasteiger partial charge in [-0.25, -0.2) is 0 Å². The van der Waals surface area contributed by atoms with Crippen LogP contribution in [0.3, 0.4) is 0 Å². The van der Waals surface area contributed by atoms with Gasteiger partial charge in [-0.05, 0) is 6.42 Å². The molecule has 0 bridgehead atoms. The molecular weight excluding hydrogens is 351 g/mol. The number of carboxylic acid groups (broad SMARTS) is 2. The summed E-state index contributed by atoms with van der Waals surface area (Å²) in [6, 6.07) is 0. The van der Waals surface area contributed by atoms with Crippen LogP contribution in [-0.2, 0) is 9.59 Å². The van der Waals surface area contributed by atoms with Gasteiger partial charge < -0.3 is 11.6 Å². The Bertz CT molecular complexity index is 353. The van der Waals surface area contributed by atoms with Crippen molar-refractivity contribution in [1.82, 2.24) is 0 Å². The maximum Gasteiger partial charge on any atom is 1.00 e. The second-order valence-corrected chi connectivity index (χ2v) is 7.72. The zero-order valence-electron chi connectivity index (χ0n) is 19.0. The van der Waals surface area contributed by atoms with Gasteiger partial charge in [-0.15, -0.1) is 0 Å². The van der Waals surface area contributed by atoms with E-state index in [4.69, 9.17) is 10.2 Å². The standard InChI is InChI=1S/C22H42O4.Na.H/c1-2-3-4-5-6-7-8-9-10-11-12-13-14-15-16-17-18-20(22(25)26)19-21(23)24;;/h20H,2-19H2,1H3,(H,23,24)(H,25,26);;/q;+1;-1. The van der Waals surface area contributed by atoms with E-state index in [0.717, 1.165) is 19.3 Å². The molecule has 0 aromatic heterocycles. The number of rotatable bonds is 20. The van der Waals surface area contributed by atoms with Crippen molar-refractivity contribution >= 4 is 11.9 Å². The van der Waals surface area contributed by atoms with Crippen LogP contribution in [0.1, 0.15) is 124 Å². The molecule has 0 aliphatic heterocycles. The van der Waals surface area contributed by atoms with Gasteiger partial charge in [-0.2, -0.15) is 0 Å². The first kappa shape index (κ1) is 29.1. The van der Waals surface area contributed by atoms with Crippen molar-refractivity contribution in [3.63, 3.8) is 0 Å². The summed E-state index contributed by atoms with van der Waals surface area (Å²) in [4.78, 5) is 21.6. The van der Waals surface area contributed by atoms with Crippen molar-refractivity contribution in [2.45, 2.75) is 122 Å². The normalized spacial score (nSPS) is 11.7.